The first-order valence-corrected chi connectivity index (χ1v) is 9.19. The maximum Gasteiger partial charge on any atom is 0.230 e. The molecule has 5 heteroatoms. The van der Waals surface area contributed by atoms with E-state index in [0.717, 1.165) is 17.0 Å². The van der Waals surface area contributed by atoms with Crippen molar-refractivity contribution in [3.63, 3.8) is 0 Å². The molecule has 0 aliphatic rings. The van der Waals surface area contributed by atoms with Crippen LogP contribution >= 0.6 is 0 Å². The average molecular weight is 378 g/mol. The van der Waals surface area contributed by atoms with E-state index >= 15 is 0 Å². The number of carbonyl (C=O) groups excluding carboxylic acids is 1. The monoisotopic (exact) mass is 378 g/mol. The smallest absolute Gasteiger partial charge is 0.230 e. The second-order valence-electron chi connectivity index (χ2n) is 6.64. The van der Waals surface area contributed by atoms with Gasteiger partial charge in [0.1, 0.15) is 11.6 Å². The van der Waals surface area contributed by atoms with E-state index in [0.29, 0.717) is 12.2 Å². The molecule has 0 N–H and O–H groups in total. The topological polar surface area (TPSA) is 42.4 Å². The molecule has 0 saturated heterocycles. The summed E-state index contributed by atoms with van der Waals surface area (Å²) in [6.45, 7) is 4.59. The van der Waals surface area contributed by atoms with Crippen molar-refractivity contribution in [3.8, 4) is 5.75 Å². The summed E-state index contributed by atoms with van der Waals surface area (Å²) in [6.07, 6.45) is 1.89. The molecule has 0 aliphatic heterocycles. The summed E-state index contributed by atoms with van der Waals surface area (Å²) in [5, 5.41) is 0. The van der Waals surface area contributed by atoms with Gasteiger partial charge in [-0.1, -0.05) is 23.8 Å². The molecule has 0 fully saturated rings. The van der Waals surface area contributed by atoms with Gasteiger partial charge in [0.15, 0.2) is 0 Å². The molecule has 3 aromatic rings. The zero-order chi connectivity index (χ0) is 19.9. The number of rotatable bonds is 7. The van der Waals surface area contributed by atoms with Crippen LogP contribution in [0.3, 0.4) is 0 Å². The molecule has 1 amide bonds. The molecular formula is C23H23FN2O2. The fourth-order valence-electron chi connectivity index (χ4n) is 2.94. The predicted octanol–water partition coefficient (Wildman–Crippen LogP) is 4.84. The number of hydrogen-bond acceptors (Lipinski definition) is 3. The highest BCUT2D eigenvalue weighted by atomic mass is 19.1. The van der Waals surface area contributed by atoms with Crippen molar-refractivity contribution in [2.45, 2.75) is 26.8 Å². The highest BCUT2D eigenvalue weighted by Crippen LogP contribution is 2.21. The largest absolute Gasteiger partial charge is 0.493 e. The van der Waals surface area contributed by atoms with E-state index in [1.165, 1.54) is 17.7 Å². The van der Waals surface area contributed by atoms with E-state index < -0.39 is 0 Å². The summed E-state index contributed by atoms with van der Waals surface area (Å²) in [6, 6.07) is 17.4. The Bertz CT molecular complexity index is 927. The van der Waals surface area contributed by atoms with Gasteiger partial charge >= 0.3 is 0 Å². The van der Waals surface area contributed by atoms with Crippen LogP contribution in [0.4, 0.5) is 10.1 Å². The number of amides is 1. The highest BCUT2D eigenvalue weighted by molar-refractivity contribution is 5.93. The number of aryl methyl sites for hydroxylation is 2. The van der Waals surface area contributed by atoms with E-state index in [1.807, 2.05) is 50.2 Å². The summed E-state index contributed by atoms with van der Waals surface area (Å²) in [7, 11) is 0. The number of benzene rings is 2. The van der Waals surface area contributed by atoms with Crippen LogP contribution in [0.1, 0.15) is 23.2 Å². The normalized spacial score (nSPS) is 10.5. The minimum absolute atomic E-state index is 0.109. The summed E-state index contributed by atoms with van der Waals surface area (Å²) in [5.74, 6) is 0.325. The second-order valence-corrected chi connectivity index (χ2v) is 6.64. The average Bonchev–Trinajstić information content (AvgIpc) is 2.69. The number of ether oxygens (including phenoxy) is 1. The lowest BCUT2D eigenvalue weighted by atomic mass is 10.1. The van der Waals surface area contributed by atoms with Gasteiger partial charge in [-0.3, -0.25) is 9.78 Å². The van der Waals surface area contributed by atoms with E-state index in [4.69, 9.17) is 4.74 Å². The zero-order valence-electron chi connectivity index (χ0n) is 16.1. The Labute approximate surface area is 164 Å². The summed E-state index contributed by atoms with van der Waals surface area (Å²) in [5.41, 5.74) is 3.59. The fourth-order valence-corrected chi connectivity index (χ4v) is 2.94. The van der Waals surface area contributed by atoms with Crippen LogP contribution in [-0.2, 0) is 11.3 Å². The molecular weight excluding hydrogens is 355 g/mol. The molecule has 1 heterocycles. The van der Waals surface area contributed by atoms with Gasteiger partial charge in [-0.05, 0) is 61.9 Å². The molecule has 0 saturated carbocycles. The van der Waals surface area contributed by atoms with Gasteiger partial charge in [-0.25, -0.2) is 4.39 Å². The van der Waals surface area contributed by atoms with Crippen LogP contribution < -0.4 is 9.64 Å². The van der Waals surface area contributed by atoms with Crippen molar-refractivity contribution in [1.82, 2.24) is 4.98 Å². The minimum atomic E-state index is -0.341. The van der Waals surface area contributed by atoms with Gasteiger partial charge in [-0.15, -0.1) is 0 Å². The lowest BCUT2D eigenvalue weighted by molar-refractivity contribution is -0.119. The summed E-state index contributed by atoms with van der Waals surface area (Å²) in [4.78, 5) is 18.8. The van der Waals surface area contributed by atoms with Gasteiger partial charge in [0.25, 0.3) is 0 Å². The third kappa shape index (κ3) is 5.16. The number of anilines is 1. The van der Waals surface area contributed by atoms with Crippen molar-refractivity contribution >= 4 is 11.6 Å². The Balaban J connectivity index is 1.69. The van der Waals surface area contributed by atoms with E-state index in [-0.39, 0.29) is 24.8 Å². The fraction of sp³-hybridized carbons (Fsp3) is 0.217. The van der Waals surface area contributed by atoms with Gasteiger partial charge in [0.2, 0.25) is 5.91 Å². The van der Waals surface area contributed by atoms with Gasteiger partial charge in [-0.2, -0.15) is 0 Å². The lowest BCUT2D eigenvalue weighted by Gasteiger charge is -2.23. The first-order chi connectivity index (χ1) is 13.5. The van der Waals surface area contributed by atoms with Crippen LogP contribution in [0, 0.1) is 19.7 Å². The maximum absolute atomic E-state index is 13.3. The quantitative estimate of drug-likeness (QED) is 0.591. The zero-order valence-corrected chi connectivity index (χ0v) is 16.1. The third-order valence-electron chi connectivity index (χ3n) is 4.39. The second kappa shape index (κ2) is 9.13. The predicted molar refractivity (Wildman–Crippen MR) is 108 cm³/mol. The van der Waals surface area contributed by atoms with Crippen molar-refractivity contribution in [3.05, 3.63) is 89.5 Å². The standard InChI is InChI=1S/C23H23FN2O2/c1-17-6-11-22(18(2)15-17)28-14-12-23(27)26(16-20-5-3-4-13-25-20)21-9-7-19(24)8-10-21/h3-11,13,15H,12,14,16H2,1-2H3. The first-order valence-electron chi connectivity index (χ1n) is 9.19. The summed E-state index contributed by atoms with van der Waals surface area (Å²) >= 11 is 0. The molecule has 0 aliphatic carbocycles. The van der Waals surface area contributed by atoms with Gasteiger partial charge in [0, 0.05) is 11.9 Å². The van der Waals surface area contributed by atoms with E-state index in [2.05, 4.69) is 4.98 Å². The maximum atomic E-state index is 13.3. The molecule has 3 rings (SSSR count). The first kappa shape index (κ1) is 19.5. The summed E-state index contributed by atoms with van der Waals surface area (Å²) < 4.78 is 19.1. The van der Waals surface area contributed by atoms with Crippen LogP contribution in [-0.4, -0.2) is 17.5 Å². The minimum Gasteiger partial charge on any atom is -0.493 e. The molecule has 0 bridgehead atoms. The van der Waals surface area contributed by atoms with Gasteiger partial charge in [0.05, 0.1) is 25.3 Å². The number of nitrogens with zero attached hydrogens (tertiary/aromatic N) is 2. The number of pyridine rings is 1. The number of carbonyl (C=O) groups is 1. The van der Waals surface area contributed by atoms with Gasteiger partial charge < -0.3 is 9.64 Å². The van der Waals surface area contributed by atoms with E-state index in [9.17, 15) is 9.18 Å². The Kier molecular flexibility index (Phi) is 6.37. The van der Waals surface area contributed by atoms with Crippen LogP contribution in [0.15, 0.2) is 66.9 Å². The molecule has 0 spiro atoms. The van der Waals surface area contributed by atoms with Crippen molar-refractivity contribution in [1.29, 1.82) is 0 Å². The number of hydrogen-bond donors (Lipinski definition) is 0. The SMILES string of the molecule is Cc1ccc(OCCC(=O)N(Cc2ccccn2)c2ccc(F)cc2)c(C)c1. The van der Waals surface area contributed by atoms with Crippen LogP contribution in [0.2, 0.25) is 0 Å². The molecule has 2 aromatic carbocycles. The highest BCUT2D eigenvalue weighted by Gasteiger charge is 2.17. The Hall–Kier alpha value is -3.21. The molecule has 4 nitrogen and oxygen atoms in total. The number of aromatic nitrogens is 1. The molecule has 1 aromatic heterocycles. The Morgan fingerprint density at radius 2 is 1.86 bits per heavy atom. The molecule has 144 valence electrons. The van der Waals surface area contributed by atoms with Crippen molar-refractivity contribution < 1.29 is 13.9 Å². The van der Waals surface area contributed by atoms with Crippen LogP contribution in [0.5, 0.6) is 5.75 Å². The molecule has 0 radical (unpaired) electrons. The molecule has 28 heavy (non-hydrogen) atoms. The van der Waals surface area contributed by atoms with Crippen molar-refractivity contribution in [2.75, 3.05) is 11.5 Å². The lowest BCUT2D eigenvalue weighted by Crippen LogP contribution is -2.31. The Morgan fingerprint density at radius 3 is 2.54 bits per heavy atom. The van der Waals surface area contributed by atoms with E-state index in [1.54, 1.807) is 23.2 Å². The van der Waals surface area contributed by atoms with Crippen LogP contribution in [0.25, 0.3) is 0 Å². The van der Waals surface area contributed by atoms with Crippen molar-refractivity contribution in [2.24, 2.45) is 0 Å². The molecule has 0 unspecified atom stereocenters. The Morgan fingerprint density at radius 1 is 1.07 bits per heavy atom. The third-order valence-corrected chi connectivity index (χ3v) is 4.39. The number of halogens is 1. The molecule has 0 atom stereocenters.